The van der Waals surface area contributed by atoms with Gasteiger partial charge in [0.2, 0.25) is 27.6 Å². The van der Waals surface area contributed by atoms with Crippen molar-refractivity contribution in [1.29, 1.82) is 0 Å². The maximum absolute atomic E-state index is 13.7. The van der Waals surface area contributed by atoms with Crippen molar-refractivity contribution in [1.82, 2.24) is 14.6 Å². The molecule has 5 N–H and O–H groups in total. The Morgan fingerprint density at radius 3 is 2.27 bits per heavy atom. The lowest BCUT2D eigenvalue weighted by Gasteiger charge is -2.20. The van der Waals surface area contributed by atoms with Gasteiger partial charge in [-0.2, -0.15) is 4.72 Å². The normalized spacial score (nSPS) is 12.1. The number of sulfonamides is 1. The van der Waals surface area contributed by atoms with Gasteiger partial charge in [-0.15, -0.1) is 0 Å². The number of benzene rings is 2. The molecule has 1 aromatic heterocycles. The van der Waals surface area contributed by atoms with Crippen LogP contribution in [0.1, 0.15) is 39.5 Å². The first-order valence-electron chi connectivity index (χ1n) is 14.6. The highest BCUT2D eigenvalue weighted by molar-refractivity contribution is 7.89. The van der Waals surface area contributed by atoms with E-state index in [0.717, 1.165) is 23.1 Å². The molecule has 0 saturated heterocycles. The lowest BCUT2D eigenvalue weighted by molar-refractivity contribution is -0.136. The number of nitrogens with zero attached hydrogens (tertiary/aromatic N) is 2. The highest BCUT2D eigenvalue weighted by Crippen LogP contribution is 2.30. The van der Waals surface area contributed by atoms with Crippen LogP contribution in [0.2, 0.25) is 0 Å². The summed E-state index contributed by atoms with van der Waals surface area (Å²) in [6.07, 6.45) is 2.24. The van der Waals surface area contributed by atoms with Crippen molar-refractivity contribution >= 4 is 55.7 Å². The van der Waals surface area contributed by atoms with Gasteiger partial charge in [0.1, 0.15) is 18.3 Å². The van der Waals surface area contributed by atoms with Crippen LogP contribution in [0.3, 0.4) is 0 Å². The van der Waals surface area contributed by atoms with Crippen LogP contribution in [-0.2, 0) is 35.7 Å². The average Bonchev–Trinajstić information content (AvgIpc) is 3.00. The van der Waals surface area contributed by atoms with Crippen molar-refractivity contribution in [3.8, 4) is 0 Å². The Labute approximate surface area is 262 Å². The Morgan fingerprint density at radius 1 is 0.956 bits per heavy atom. The molecule has 0 aliphatic heterocycles. The molecule has 0 aliphatic carbocycles. The third-order valence-corrected chi connectivity index (χ3v) is 9.04. The second-order valence-electron chi connectivity index (χ2n) is 10.9. The van der Waals surface area contributed by atoms with E-state index in [1.165, 1.54) is 24.4 Å². The van der Waals surface area contributed by atoms with E-state index < -0.39 is 52.1 Å². The van der Waals surface area contributed by atoms with Gasteiger partial charge in [0.05, 0.1) is 4.90 Å². The molecular formula is C31H40N6O7S. The number of Topliss-reactive ketones (excluding diaryl/α,β-unsaturated/α-hetero) is 1. The highest BCUT2D eigenvalue weighted by atomic mass is 32.2. The number of hydrogen-bond acceptors (Lipinski definition) is 8. The van der Waals surface area contributed by atoms with E-state index in [2.05, 4.69) is 15.4 Å². The van der Waals surface area contributed by atoms with Gasteiger partial charge in [-0.25, -0.2) is 8.42 Å². The number of primary amides is 1. The second-order valence-corrected chi connectivity index (χ2v) is 12.5. The summed E-state index contributed by atoms with van der Waals surface area (Å²) >= 11 is 0. The molecule has 14 heteroatoms. The predicted octanol–water partition coefficient (Wildman–Crippen LogP) is 1.74. The zero-order valence-electron chi connectivity index (χ0n) is 25.8. The minimum absolute atomic E-state index is 0.107. The van der Waals surface area contributed by atoms with Crippen molar-refractivity contribution in [2.45, 2.75) is 57.0 Å². The Balaban J connectivity index is 1.89. The molecule has 1 atom stereocenters. The van der Waals surface area contributed by atoms with Crippen LogP contribution in [0.5, 0.6) is 0 Å². The van der Waals surface area contributed by atoms with Gasteiger partial charge in [-0.3, -0.25) is 24.0 Å². The molecule has 1 heterocycles. The van der Waals surface area contributed by atoms with Gasteiger partial charge in [0, 0.05) is 49.7 Å². The summed E-state index contributed by atoms with van der Waals surface area (Å²) in [6, 6.07) is 11.1. The molecule has 0 aliphatic rings. The Morgan fingerprint density at radius 2 is 1.62 bits per heavy atom. The molecule has 0 spiro atoms. The average molecular weight is 641 g/mol. The number of pyridine rings is 1. The summed E-state index contributed by atoms with van der Waals surface area (Å²) in [5, 5.41) is 6.28. The third-order valence-electron chi connectivity index (χ3n) is 7.51. The van der Waals surface area contributed by atoms with E-state index >= 15 is 0 Å². The largest absolute Gasteiger partial charge is 0.377 e. The van der Waals surface area contributed by atoms with E-state index in [0.29, 0.717) is 23.2 Å². The Kier molecular flexibility index (Phi) is 12.0. The van der Waals surface area contributed by atoms with Crippen LogP contribution >= 0.6 is 0 Å². The molecule has 0 radical (unpaired) electrons. The van der Waals surface area contributed by atoms with Crippen LogP contribution in [-0.4, -0.2) is 63.2 Å². The number of hydrogen-bond donors (Lipinski definition) is 4. The fourth-order valence-corrected chi connectivity index (χ4v) is 6.26. The minimum atomic E-state index is -4.38. The third kappa shape index (κ3) is 8.99. The van der Waals surface area contributed by atoms with Crippen molar-refractivity contribution in [3.63, 3.8) is 0 Å². The number of nitrogens with one attached hydrogen (secondary N) is 3. The van der Waals surface area contributed by atoms with Gasteiger partial charge >= 0.3 is 0 Å². The number of fused-ring (bicyclic) bond motifs is 1. The highest BCUT2D eigenvalue weighted by Gasteiger charge is 2.29. The molecule has 45 heavy (non-hydrogen) atoms. The fourth-order valence-electron chi connectivity index (χ4n) is 4.80. The van der Waals surface area contributed by atoms with Crippen molar-refractivity contribution in [2.75, 3.05) is 30.9 Å². The van der Waals surface area contributed by atoms with Crippen LogP contribution < -0.4 is 31.5 Å². The molecule has 0 saturated carbocycles. The molecular weight excluding hydrogens is 600 g/mol. The van der Waals surface area contributed by atoms with E-state index in [9.17, 15) is 32.4 Å². The maximum Gasteiger partial charge on any atom is 0.284 e. The van der Waals surface area contributed by atoms with Crippen LogP contribution in [0.4, 0.5) is 11.4 Å². The molecule has 0 fully saturated rings. The predicted molar refractivity (Wildman–Crippen MR) is 172 cm³/mol. The molecule has 2 aromatic carbocycles. The van der Waals surface area contributed by atoms with Gasteiger partial charge in [0.15, 0.2) is 0 Å². The van der Waals surface area contributed by atoms with Gasteiger partial charge in [-0.1, -0.05) is 51.0 Å². The summed E-state index contributed by atoms with van der Waals surface area (Å²) < 4.78 is 30.8. The molecule has 3 aromatic rings. The number of amides is 3. The van der Waals surface area contributed by atoms with Crippen LogP contribution in [0.25, 0.3) is 10.8 Å². The van der Waals surface area contributed by atoms with Crippen LogP contribution in [0.15, 0.2) is 64.4 Å². The van der Waals surface area contributed by atoms with E-state index in [1.807, 2.05) is 38.9 Å². The lowest BCUT2D eigenvalue weighted by atomic mass is 10.0. The SMILES string of the molecule is CCC(CC)CNC(=O)Cn1cccc(NC(=O)[C@H](CCC(=O)C(N)=O)NS(=O)(=O)c2cccc3c(N(C)C)cccc23)c1=O. The minimum Gasteiger partial charge on any atom is -0.377 e. The molecule has 242 valence electrons. The Bertz CT molecular complexity index is 1730. The molecule has 0 unspecified atom stereocenters. The van der Waals surface area contributed by atoms with Gasteiger partial charge < -0.3 is 25.8 Å². The first-order valence-corrected chi connectivity index (χ1v) is 16.1. The van der Waals surface area contributed by atoms with Gasteiger partial charge in [-0.05, 0) is 36.6 Å². The number of anilines is 2. The molecule has 13 nitrogen and oxygen atoms in total. The van der Waals surface area contributed by atoms with Gasteiger partial charge in [0.25, 0.3) is 11.5 Å². The second kappa shape index (κ2) is 15.4. The summed E-state index contributed by atoms with van der Waals surface area (Å²) in [5.74, 6) is -3.24. The van der Waals surface area contributed by atoms with Crippen molar-refractivity contribution in [2.24, 2.45) is 11.7 Å². The standard InChI is InChI=1S/C31H40N6O7S/c1-5-20(6-2)18-33-28(39)19-37-17-9-12-24(31(37)42)34-30(41)23(15-16-26(38)29(32)40)35-45(43,44)27-14-8-10-21-22(27)11-7-13-25(21)36(3)4/h7-14,17,20,23,35H,5-6,15-16,18-19H2,1-4H3,(H2,32,40)(H,33,39)(H,34,41)/t23-/m0/s1. The van der Waals surface area contributed by atoms with E-state index in [1.54, 1.807) is 24.3 Å². The first kappa shape index (κ1) is 34.9. The zero-order valence-corrected chi connectivity index (χ0v) is 26.6. The summed E-state index contributed by atoms with van der Waals surface area (Å²) in [7, 11) is -0.735. The molecule has 0 bridgehead atoms. The summed E-state index contributed by atoms with van der Waals surface area (Å²) in [6.45, 7) is 4.23. The zero-order chi connectivity index (χ0) is 33.3. The number of carbonyl (C=O) groups is 4. The van der Waals surface area contributed by atoms with Crippen molar-refractivity contribution in [3.05, 3.63) is 65.1 Å². The smallest absolute Gasteiger partial charge is 0.284 e. The van der Waals surface area contributed by atoms with E-state index in [4.69, 9.17) is 5.73 Å². The summed E-state index contributed by atoms with van der Waals surface area (Å²) in [5.41, 5.74) is 4.94. The maximum atomic E-state index is 13.7. The fraction of sp³-hybridized carbons (Fsp3) is 0.387. The topological polar surface area (TPSA) is 190 Å². The number of carbonyl (C=O) groups excluding carboxylic acids is 4. The number of aromatic nitrogens is 1. The Hall–Kier alpha value is -4.56. The first-order chi connectivity index (χ1) is 21.3. The van der Waals surface area contributed by atoms with Crippen LogP contribution in [0, 0.1) is 5.92 Å². The lowest BCUT2D eigenvalue weighted by Crippen LogP contribution is -2.45. The number of ketones is 1. The molecule has 3 amide bonds. The molecule has 3 rings (SSSR count). The number of nitrogens with two attached hydrogens (primary N) is 1. The summed E-state index contributed by atoms with van der Waals surface area (Å²) in [4.78, 5) is 64.1. The quantitative estimate of drug-likeness (QED) is 0.170. The van der Waals surface area contributed by atoms with E-state index in [-0.39, 0.29) is 23.0 Å². The van der Waals surface area contributed by atoms with Crippen molar-refractivity contribution < 1.29 is 27.6 Å². The number of rotatable bonds is 16. The monoisotopic (exact) mass is 640 g/mol.